The normalized spacial score (nSPS) is 15.8. The van der Waals surface area contributed by atoms with Crippen LogP contribution in [0.1, 0.15) is 95.7 Å². The second-order valence-electron chi connectivity index (χ2n) is 15.6. The van der Waals surface area contributed by atoms with Gasteiger partial charge in [-0.05, 0) is 63.4 Å². The maximum Gasteiger partial charge on any atom is 0.308 e. The number of hydrogen-bond donors (Lipinski definition) is 5. The lowest BCUT2D eigenvalue weighted by atomic mass is 9.73. The van der Waals surface area contributed by atoms with E-state index >= 15 is 0 Å². The van der Waals surface area contributed by atoms with E-state index in [1.165, 1.54) is 21.1 Å². The van der Waals surface area contributed by atoms with Crippen LogP contribution in [0.5, 0.6) is 28.7 Å². The van der Waals surface area contributed by atoms with Crippen molar-refractivity contribution in [1.29, 1.82) is 0 Å². The zero-order valence-electron chi connectivity index (χ0n) is 33.5. The third-order valence-electron chi connectivity index (χ3n) is 10.1. The number of fused-ring (bicyclic) bond motifs is 2. The van der Waals surface area contributed by atoms with Crippen molar-refractivity contribution in [3.8, 4) is 28.7 Å². The number of ketones is 1. The molecule has 13 nitrogen and oxygen atoms in total. The molecule has 0 aromatic heterocycles. The number of amides is 2. The molecule has 13 heteroatoms. The van der Waals surface area contributed by atoms with Gasteiger partial charge in [0.15, 0.2) is 5.78 Å². The van der Waals surface area contributed by atoms with Crippen LogP contribution in [0.4, 0.5) is 0 Å². The summed E-state index contributed by atoms with van der Waals surface area (Å²) in [7, 11) is 2.89. The van der Waals surface area contributed by atoms with Gasteiger partial charge in [0.25, 0.3) is 0 Å². The van der Waals surface area contributed by atoms with Gasteiger partial charge in [0.05, 0.1) is 44.3 Å². The summed E-state index contributed by atoms with van der Waals surface area (Å²) in [6, 6.07) is 9.87. The van der Waals surface area contributed by atoms with Crippen molar-refractivity contribution in [2.24, 2.45) is 17.4 Å². The van der Waals surface area contributed by atoms with Crippen LogP contribution < -0.4 is 41.0 Å². The van der Waals surface area contributed by atoms with Crippen LogP contribution in [0.25, 0.3) is 0 Å². The first kappa shape index (κ1) is 42.6. The molecule has 0 saturated carbocycles. The van der Waals surface area contributed by atoms with E-state index < -0.39 is 58.8 Å². The van der Waals surface area contributed by atoms with Gasteiger partial charge in [0.2, 0.25) is 11.8 Å². The maximum absolute atomic E-state index is 14.2. The Morgan fingerprint density at radius 1 is 0.855 bits per heavy atom. The molecule has 0 saturated heterocycles. The second kappa shape index (κ2) is 17.1. The number of benzene rings is 3. The highest BCUT2D eigenvalue weighted by Gasteiger charge is 2.41. The largest absolute Gasteiger partial charge is 0.496 e. The molecule has 55 heavy (non-hydrogen) atoms. The minimum atomic E-state index is -1.35. The number of Topliss-reactive ketones (excluding diaryl/α,β-unsaturated/α-hetero) is 1. The highest BCUT2D eigenvalue weighted by molar-refractivity contribution is 5.96. The Balaban J connectivity index is 1.66. The molecular weight excluding hydrogens is 704 g/mol. The van der Waals surface area contributed by atoms with Crippen molar-refractivity contribution in [1.82, 2.24) is 10.6 Å². The number of ether oxygens (including phenoxy) is 4. The van der Waals surface area contributed by atoms with Crippen LogP contribution in [0.2, 0.25) is 0 Å². The molecule has 3 aromatic carbocycles. The quantitative estimate of drug-likeness (QED) is 0.130. The summed E-state index contributed by atoms with van der Waals surface area (Å²) >= 11 is 0. The van der Waals surface area contributed by atoms with Gasteiger partial charge in [-0.3, -0.25) is 19.2 Å². The van der Waals surface area contributed by atoms with E-state index in [0.717, 1.165) is 11.1 Å². The predicted molar refractivity (Wildman–Crippen MR) is 209 cm³/mol. The smallest absolute Gasteiger partial charge is 0.308 e. The van der Waals surface area contributed by atoms with Gasteiger partial charge in [-0.1, -0.05) is 58.4 Å². The summed E-state index contributed by atoms with van der Waals surface area (Å²) in [4.78, 5) is 53.3. The topological polar surface area (TPSA) is 202 Å². The van der Waals surface area contributed by atoms with Gasteiger partial charge < -0.3 is 46.2 Å². The van der Waals surface area contributed by atoms with Gasteiger partial charge in [-0.2, -0.15) is 0 Å². The first-order valence-electron chi connectivity index (χ1n) is 18.5. The Morgan fingerprint density at radius 2 is 1.44 bits per heavy atom. The van der Waals surface area contributed by atoms with Crippen molar-refractivity contribution in [2.75, 3.05) is 14.2 Å². The summed E-state index contributed by atoms with van der Waals surface area (Å²) in [5, 5.41) is 15.3. The third kappa shape index (κ3) is 9.57. The first-order valence-corrected chi connectivity index (χ1v) is 18.5. The van der Waals surface area contributed by atoms with Crippen molar-refractivity contribution >= 4 is 23.6 Å². The number of methoxy groups -OCH3 is 2. The number of aliphatic carboxylic acids is 1. The first-order chi connectivity index (χ1) is 25.7. The highest BCUT2D eigenvalue weighted by Crippen LogP contribution is 2.54. The van der Waals surface area contributed by atoms with Crippen LogP contribution in [0.3, 0.4) is 0 Å². The van der Waals surface area contributed by atoms with E-state index in [1.807, 2.05) is 72.7 Å². The lowest BCUT2D eigenvalue weighted by molar-refractivity contribution is -0.136. The molecule has 0 aliphatic carbocycles. The molecule has 1 aliphatic rings. The number of carbonyl (C=O) groups is 4. The summed E-state index contributed by atoms with van der Waals surface area (Å²) < 4.78 is 23.6. The average molecular weight is 761 g/mol. The number of rotatable bonds is 16. The van der Waals surface area contributed by atoms with E-state index in [4.69, 9.17) is 30.4 Å². The van der Waals surface area contributed by atoms with Gasteiger partial charge in [0.1, 0.15) is 40.4 Å². The molecule has 0 fully saturated rings. The third-order valence-corrected chi connectivity index (χ3v) is 10.1. The lowest BCUT2D eigenvalue weighted by Crippen LogP contribution is -2.56. The summed E-state index contributed by atoms with van der Waals surface area (Å²) in [5.41, 5.74) is 14.6. The standard InChI is InChI=1S/C42H56N4O9/c1-11-22(2)34(43)40(51)46-29(20-24-12-14-25(15-13-24)55-41(4,5)6)39(50)45-23(3)36(49)35(44)33-31(53-10)19-17-28-38(33)54-37-26(21-32(47)48)30(52-9)18-16-27(37)42(28,7)8/h12-19,22-23,29,34-35H,11,20-21,43-44H2,1-10H3,(H,45,50)(H,46,51)(H,47,48)/t22?,23-,29-,34-,35?/m0/s1. The molecule has 2 amide bonds. The van der Waals surface area contributed by atoms with Gasteiger partial charge in [0, 0.05) is 28.5 Å². The molecule has 0 radical (unpaired) electrons. The molecule has 7 N–H and O–H groups in total. The van der Waals surface area contributed by atoms with E-state index in [9.17, 15) is 24.3 Å². The molecule has 1 aliphatic heterocycles. The summed E-state index contributed by atoms with van der Waals surface area (Å²) in [6.07, 6.45) is 0.398. The number of carboxylic acids is 1. The Bertz CT molecular complexity index is 1900. The fourth-order valence-electron chi connectivity index (χ4n) is 6.70. The van der Waals surface area contributed by atoms with E-state index in [-0.39, 0.29) is 35.8 Å². The number of carboxylic acid groups (broad SMARTS) is 1. The van der Waals surface area contributed by atoms with Gasteiger partial charge >= 0.3 is 5.97 Å². The van der Waals surface area contributed by atoms with Crippen molar-refractivity contribution in [3.63, 3.8) is 0 Å². The van der Waals surface area contributed by atoms with Crippen molar-refractivity contribution < 1.29 is 43.2 Å². The van der Waals surface area contributed by atoms with Crippen LogP contribution in [0, 0.1) is 5.92 Å². The van der Waals surface area contributed by atoms with Gasteiger partial charge in [-0.25, -0.2) is 0 Å². The molecule has 298 valence electrons. The van der Waals surface area contributed by atoms with Crippen LogP contribution >= 0.6 is 0 Å². The Hall–Kier alpha value is -5.14. The van der Waals surface area contributed by atoms with Crippen LogP contribution in [-0.2, 0) is 37.4 Å². The molecule has 4 rings (SSSR count). The Morgan fingerprint density at radius 3 is 1.98 bits per heavy atom. The van der Waals surface area contributed by atoms with Crippen LogP contribution in [-0.4, -0.2) is 66.6 Å². The minimum Gasteiger partial charge on any atom is -0.496 e. The van der Waals surface area contributed by atoms with Crippen LogP contribution in [0.15, 0.2) is 48.5 Å². The zero-order valence-corrected chi connectivity index (χ0v) is 33.5. The second-order valence-corrected chi connectivity index (χ2v) is 15.6. The van der Waals surface area contributed by atoms with Crippen molar-refractivity contribution in [3.05, 3.63) is 76.3 Å². The molecular formula is C42H56N4O9. The Kier molecular flexibility index (Phi) is 13.3. The maximum atomic E-state index is 14.2. The molecule has 1 heterocycles. The fraction of sp³-hybridized carbons (Fsp3) is 0.476. The van der Waals surface area contributed by atoms with Gasteiger partial charge in [-0.15, -0.1) is 0 Å². The number of nitrogens with one attached hydrogen (secondary N) is 2. The molecule has 0 bridgehead atoms. The van der Waals surface area contributed by atoms with E-state index in [1.54, 1.807) is 24.3 Å². The minimum absolute atomic E-state index is 0.109. The highest BCUT2D eigenvalue weighted by atomic mass is 16.5. The summed E-state index contributed by atoms with van der Waals surface area (Å²) in [5.74, 6) is -1.07. The molecule has 5 atom stereocenters. The Labute approximate surface area is 323 Å². The van der Waals surface area contributed by atoms with E-state index in [0.29, 0.717) is 34.8 Å². The molecule has 2 unspecified atom stereocenters. The predicted octanol–water partition coefficient (Wildman–Crippen LogP) is 5.11. The average Bonchev–Trinajstić information content (AvgIpc) is 3.12. The SMILES string of the molecule is CCC(C)[C@H](N)C(=O)N[C@@H](Cc1ccc(OC(C)(C)C)cc1)C(=O)N[C@@H](C)C(=O)C(N)c1c(OC)ccc2c1Oc1c(ccc(OC)c1CC(=O)O)C2(C)C. The zero-order chi connectivity index (χ0) is 41.0. The fourth-order valence-corrected chi connectivity index (χ4v) is 6.70. The van der Waals surface area contributed by atoms with Crippen molar-refractivity contribution in [2.45, 2.75) is 110 Å². The lowest BCUT2D eigenvalue weighted by Gasteiger charge is -2.37. The summed E-state index contributed by atoms with van der Waals surface area (Å²) in [6.45, 7) is 15.0. The molecule has 3 aromatic rings. The monoisotopic (exact) mass is 760 g/mol. The molecule has 0 spiro atoms. The number of hydrogen-bond acceptors (Lipinski definition) is 10. The number of carbonyl (C=O) groups excluding carboxylic acids is 3. The van der Waals surface area contributed by atoms with E-state index in [2.05, 4.69) is 10.6 Å². The number of nitrogens with two attached hydrogens (primary N) is 2.